The summed E-state index contributed by atoms with van der Waals surface area (Å²) in [6.07, 6.45) is 2.19. The third-order valence-electron chi connectivity index (χ3n) is 1.19. The van der Waals surface area contributed by atoms with Gasteiger partial charge in [0.15, 0.2) is 0 Å². The molecule has 1 heterocycles. The van der Waals surface area contributed by atoms with Gasteiger partial charge < -0.3 is 10.2 Å². The van der Waals surface area contributed by atoms with E-state index in [2.05, 4.69) is 4.42 Å². The first-order valence-electron chi connectivity index (χ1n) is 3.11. The van der Waals surface area contributed by atoms with Crippen molar-refractivity contribution in [2.45, 2.75) is 6.42 Å². The highest BCUT2D eigenvalue weighted by Crippen LogP contribution is 1.93. The van der Waals surface area contributed by atoms with Crippen LogP contribution >= 0.6 is 0 Å². The Kier molecular flexibility index (Phi) is 2.23. The van der Waals surface area contributed by atoms with Crippen LogP contribution in [0.2, 0.25) is 0 Å². The summed E-state index contributed by atoms with van der Waals surface area (Å²) >= 11 is 0. The van der Waals surface area contributed by atoms with E-state index >= 15 is 0 Å². The molecule has 0 amide bonds. The fourth-order valence-corrected chi connectivity index (χ4v) is 0.696. The van der Waals surface area contributed by atoms with Crippen molar-refractivity contribution >= 4 is 0 Å². The van der Waals surface area contributed by atoms with Crippen molar-refractivity contribution in [1.29, 1.82) is 0 Å². The fraction of sp³-hybridized carbons (Fsp3) is 0.286. The molecular weight excluding hydrogens is 130 g/mol. The molecule has 0 aromatic carbocycles. The van der Waals surface area contributed by atoms with Crippen LogP contribution in [0.3, 0.4) is 0 Å². The predicted molar refractivity (Wildman–Crippen MR) is 37.7 cm³/mol. The van der Waals surface area contributed by atoms with Crippen LogP contribution < -0.4 is 11.4 Å². The van der Waals surface area contributed by atoms with Gasteiger partial charge in [0.05, 0.1) is 6.26 Å². The summed E-state index contributed by atoms with van der Waals surface area (Å²) in [5, 5.41) is 0. The second kappa shape index (κ2) is 3.17. The zero-order valence-electron chi connectivity index (χ0n) is 5.54. The van der Waals surface area contributed by atoms with Crippen LogP contribution in [0.1, 0.15) is 5.56 Å². The summed E-state index contributed by atoms with van der Waals surface area (Å²) in [6.45, 7) is 0.577. The highest BCUT2D eigenvalue weighted by molar-refractivity contribution is 5.06. The van der Waals surface area contributed by atoms with Gasteiger partial charge in [-0.1, -0.05) is 0 Å². The van der Waals surface area contributed by atoms with Crippen molar-refractivity contribution in [2.75, 3.05) is 6.54 Å². The van der Waals surface area contributed by atoms with E-state index in [1.54, 1.807) is 6.07 Å². The number of nitrogens with two attached hydrogens (primary N) is 1. The topological polar surface area (TPSA) is 56.2 Å². The molecule has 3 heteroatoms. The maximum atomic E-state index is 10.4. The van der Waals surface area contributed by atoms with Gasteiger partial charge >= 0.3 is 5.63 Å². The minimum atomic E-state index is -0.319. The number of hydrogen-bond donors (Lipinski definition) is 1. The van der Waals surface area contributed by atoms with Crippen molar-refractivity contribution in [2.24, 2.45) is 5.73 Å². The molecule has 1 aromatic rings. The third kappa shape index (κ3) is 1.70. The van der Waals surface area contributed by atoms with Crippen LogP contribution in [-0.2, 0) is 6.42 Å². The van der Waals surface area contributed by atoms with Crippen LogP contribution in [0.5, 0.6) is 0 Å². The Morgan fingerprint density at radius 1 is 1.50 bits per heavy atom. The van der Waals surface area contributed by atoms with Gasteiger partial charge in [0.25, 0.3) is 0 Å². The largest absolute Gasteiger partial charge is 0.431 e. The minimum Gasteiger partial charge on any atom is -0.431 e. The molecule has 0 bridgehead atoms. The smallest absolute Gasteiger partial charge is 0.335 e. The Hall–Kier alpha value is -1.09. The van der Waals surface area contributed by atoms with E-state index in [9.17, 15) is 4.79 Å². The lowest BCUT2D eigenvalue weighted by atomic mass is 10.2. The average Bonchev–Trinajstić information content (AvgIpc) is 1.95. The van der Waals surface area contributed by atoms with Gasteiger partial charge in [-0.25, -0.2) is 4.79 Å². The summed E-state index contributed by atoms with van der Waals surface area (Å²) in [5.41, 5.74) is 5.92. The average molecular weight is 139 g/mol. The van der Waals surface area contributed by atoms with E-state index in [4.69, 9.17) is 5.73 Å². The summed E-state index contributed by atoms with van der Waals surface area (Å²) in [7, 11) is 0. The van der Waals surface area contributed by atoms with Crippen molar-refractivity contribution in [1.82, 2.24) is 0 Å². The molecule has 0 aliphatic heterocycles. The van der Waals surface area contributed by atoms with E-state index in [-0.39, 0.29) is 5.63 Å². The molecule has 0 unspecified atom stereocenters. The quantitative estimate of drug-likeness (QED) is 0.634. The van der Waals surface area contributed by atoms with Crippen LogP contribution in [0, 0.1) is 0 Å². The third-order valence-corrected chi connectivity index (χ3v) is 1.19. The molecule has 0 radical (unpaired) electrons. The molecule has 54 valence electrons. The minimum absolute atomic E-state index is 0.319. The van der Waals surface area contributed by atoms with Crippen molar-refractivity contribution in [3.63, 3.8) is 0 Å². The molecule has 0 saturated heterocycles. The molecule has 1 aromatic heterocycles. The zero-order chi connectivity index (χ0) is 7.40. The van der Waals surface area contributed by atoms with E-state index in [1.807, 2.05) is 0 Å². The maximum Gasteiger partial charge on any atom is 0.335 e. The first kappa shape index (κ1) is 7.02. The molecule has 0 atom stereocenters. The SMILES string of the molecule is NCCc1ccc(=O)oc1. The lowest BCUT2D eigenvalue weighted by Gasteiger charge is -1.92. The Morgan fingerprint density at radius 3 is 2.80 bits per heavy atom. The lowest BCUT2D eigenvalue weighted by Crippen LogP contribution is -2.04. The van der Waals surface area contributed by atoms with Gasteiger partial charge in [-0.2, -0.15) is 0 Å². The second-order valence-electron chi connectivity index (χ2n) is 2.00. The molecule has 0 fully saturated rings. The van der Waals surface area contributed by atoms with Crippen molar-refractivity contribution < 1.29 is 4.42 Å². The summed E-state index contributed by atoms with van der Waals surface area (Å²) in [6, 6.07) is 3.11. The van der Waals surface area contributed by atoms with Gasteiger partial charge in [-0.15, -0.1) is 0 Å². The molecule has 0 aliphatic rings. The predicted octanol–water partition coefficient (Wildman–Crippen LogP) is 0.141. The van der Waals surface area contributed by atoms with Gasteiger partial charge in [-0.3, -0.25) is 0 Å². The van der Waals surface area contributed by atoms with Crippen LogP contribution in [0.25, 0.3) is 0 Å². The molecule has 3 nitrogen and oxygen atoms in total. The Balaban J connectivity index is 2.79. The summed E-state index contributed by atoms with van der Waals surface area (Å²) in [4.78, 5) is 10.4. The molecule has 10 heavy (non-hydrogen) atoms. The monoisotopic (exact) mass is 139 g/mol. The van der Waals surface area contributed by atoms with Crippen LogP contribution in [0.15, 0.2) is 27.6 Å². The van der Waals surface area contributed by atoms with Gasteiger partial charge in [-0.05, 0) is 24.6 Å². The molecule has 2 N–H and O–H groups in total. The maximum absolute atomic E-state index is 10.4. The molecule has 0 saturated carbocycles. The Morgan fingerprint density at radius 2 is 2.30 bits per heavy atom. The van der Waals surface area contributed by atoms with E-state index in [0.29, 0.717) is 6.54 Å². The van der Waals surface area contributed by atoms with Crippen LogP contribution in [0.4, 0.5) is 0 Å². The van der Waals surface area contributed by atoms with Gasteiger partial charge in [0, 0.05) is 6.07 Å². The number of rotatable bonds is 2. The van der Waals surface area contributed by atoms with E-state index in [0.717, 1.165) is 12.0 Å². The molecule has 1 rings (SSSR count). The lowest BCUT2D eigenvalue weighted by molar-refractivity contribution is 0.503. The zero-order valence-corrected chi connectivity index (χ0v) is 5.54. The number of hydrogen-bond acceptors (Lipinski definition) is 3. The Bertz CT molecular complexity index is 234. The highest BCUT2D eigenvalue weighted by Gasteiger charge is 1.90. The normalized spacial score (nSPS) is 9.70. The molecular formula is C7H9NO2. The fourth-order valence-electron chi connectivity index (χ4n) is 0.696. The molecule has 0 aliphatic carbocycles. The first-order valence-corrected chi connectivity index (χ1v) is 3.11. The van der Waals surface area contributed by atoms with Crippen molar-refractivity contribution in [3.8, 4) is 0 Å². The first-order chi connectivity index (χ1) is 4.83. The van der Waals surface area contributed by atoms with Crippen molar-refractivity contribution in [3.05, 3.63) is 34.4 Å². The highest BCUT2D eigenvalue weighted by atomic mass is 16.4. The van der Waals surface area contributed by atoms with Gasteiger partial charge in [0.2, 0.25) is 0 Å². The molecule has 0 spiro atoms. The van der Waals surface area contributed by atoms with Crippen LogP contribution in [-0.4, -0.2) is 6.54 Å². The Labute approximate surface area is 58.5 Å². The summed E-state index contributed by atoms with van der Waals surface area (Å²) in [5.74, 6) is 0. The second-order valence-corrected chi connectivity index (χ2v) is 2.00. The standard InChI is InChI=1S/C7H9NO2/c8-4-3-6-1-2-7(9)10-5-6/h1-2,5H,3-4,8H2. The van der Waals surface area contributed by atoms with E-state index in [1.165, 1.54) is 12.3 Å². The summed E-state index contributed by atoms with van der Waals surface area (Å²) < 4.78 is 4.60. The van der Waals surface area contributed by atoms with Gasteiger partial charge in [0.1, 0.15) is 0 Å². The van der Waals surface area contributed by atoms with E-state index < -0.39 is 0 Å².